The fraction of sp³-hybridized carbons (Fsp3) is 0.833. The monoisotopic (exact) mass is 397 g/mol. The predicted molar refractivity (Wildman–Crippen MR) is 92.8 cm³/mol. The van der Waals surface area contributed by atoms with Crippen molar-refractivity contribution in [3.05, 3.63) is 12.2 Å². The van der Waals surface area contributed by atoms with Crippen LogP contribution in [0.3, 0.4) is 0 Å². The second-order valence-corrected chi connectivity index (χ2v) is 5.73. The maximum Gasteiger partial charge on any atom is 0.303 e. The van der Waals surface area contributed by atoms with E-state index in [4.69, 9.17) is 5.11 Å². The van der Waals surface area contributed by atoms with Crippen molar-refractivity contribution in [3.8, 4) is 0 Å². The molecule has 0 spiro atoms. The van der Waals surface area contributed by atoms with Gasteiger partial charge in [-0.05, 0) is 32.1 Å². The van der Waals surface area contributed by atoms with Crippen LogP contribution in [-0.2, 0) is 4.79 Å². The summed E-state index contributed by atoms with van der Waals surface area (Å²) in [5.41, 5.74) is 0. The van der Waals surface area contributed by atoms with Gasteiger partial charge in [-0.1, -0.05) is 70.4 Å². The van der Waals surface area contributed by atoms with E-state index >= 15 is 0 Å². The van der Waals surface area contributed by atoms with Crippen molar-refractivity contribution in [2.45, 2.75) is 96.8 Å². The van der Waals surface area contributed by atoms with Crippen LogP contribution in [0.2, 0.25) is 0 Å². The van der Waals surface area contributed by atoms with Gasteiger partial charge in [-0.2, -0.15) is 0 Å². The molecule has 0 aliphatic rings. The normalized spacial score (nSPS) is 10.7. The number of hydrogen-bond acceptors (Lipinski definition) is 1. The first-order valence-corrected chi connectivity index (χ1v) is 8.64. The molecule has 121 valence electrons. The molecule has 0 saturated carbocycles. The summed E-state index contributed by atoms with van der Waals surface area (Å²) in [6.45, 7) is 2.26. The first-order valence-electron chi connectivity index (χ1n) is 8.64. The van der Waals surface area contributed by atoms with Crippen molar-refractivity contribution < 1.29 is 9.90 Å². The molecular weight excluding hydrogens is 363 g/mol. The molecule has 0 amide bonds. The number of carboxylic acids is 1. The first-order chi connectivity index (χ1) is 9.77. The van der Waals surface area contributed by atoms with E-state index < -0.39 is 5.97 Å². The Balaban J connectivity index is 0. The van der Waals surface area contributed by atoms with Crippen LogP contribution in [0.1, 0.15) is 96.8 Å². The van der Waals surface area contributed by atoms with E-state index in [0.29, 0.717) is 6.42 Å². The Morgan fingerprint density at radius 3 is 1.67 bits per heavy atom. The van der Waals surface area contributed by atoms with Gasteiger partial charge in [-0.25, -0.2) is 0 Å². The van der Waals surface area contributed by atoms with Crippen LogP contribution in [-0.4, -0.2) is 36.9 Å². The summed E-state index contributed by atoms with van der Waals surface area (Å²) in [6.07, 6.45) is 21.2. The second-order valence-electron chi connectivity index (χ2n) is 5.73. The van der Waals surface area contributed by atoms with Crippen molar-refractivity contribution in [2.24, 2.45) is 0 Å². The molecule has 0 atom stereocenters. The summed E-state index contributed by atoms with van der Waals surface area (Å²) in [6, 6.07) is 0. The van der Waals surface area contributed by atoms with E-state index in [1.807, 2.05) is 0 Å². The fourth-order valence-electron chi connectivity index (χ4n) is 2.35. The van der Waals surface area contributed by atoms with Crippen LogP contribution in [0.4, 0.5) is 0 Å². The molecule has 1 N–H and O–H groups in total. The maximum atomic E-state index is 10.3. The van der Waals surface area contributed by atoms with Gasteiger partial charge in [-0.15, -0.1) is 0 Å². The zero-order valence-electron chi connectivity index (χ0n) is 14.0. The first kappa shape index (κ1) is 23.3. The van der Waals surface area contributed by atoms with E-state index in [1.165, 1.54) is 70.6 Å². The minimum absolute atomic E-state index is 0. The standard InChI is InChI=1S/C18H34O2.In/c1-2-3-4-5-6-7-8-9-10-11-12-13-14-15-16-17-18(19)20;/h9-10H,2-8,11-17H2,1H3,(H,19,20);/b10-9-;. The van der Waals surface area contributed by atoms with Crippen molar-refractivity contribution >= 4 is 31.8 Å². The van der Waals surface area contributed by atoms with Gasteiger partial charge in [0.05, 0.1) is 0 Å². The van der Waals surface area contributed by atoms with Gasteiger partial charge in [0.1, 0.15) is 0 Å². The average Bonchev–Trinajstić information content (AvgIpc) is 2.43. The van der Waals surface area contributed by atoms with E-state index in [9.17, 15) is 4.79 Å². The Morgan fingerprint density at radius 1 is 0.762 bits per heavy atom. The average molecular weight is 397 g/mol. The molecule has 0 heterocycles. The third kappa shape index (κ3) is 22.5. The van der Waals surface area contributed by atoms with Crippen molar-refractivity contribution in [1.29, 1.82) is 0 Å². The summed E-state index contributed by atoms with van der Waals surface area (Å²) in [5, 5.41) is 8.51. The van der Waals surface area contributed by atoms with E-state index in [-0.39, 0.29) is 25.8 Å². The molecule has 0 unspecified atom stereocenters. The van der Waals surface area contributed by atoms with Crippen LogP contribution in [0.15, 0.2) is 12.2 Å². The van der Waals surface area contributed by atoms with Crippen molar-refractivity contribution in [2.75, 3.05) is 0 Å². The fourth-order valence-corrected chi connectivity index (χ4v) is 2.35. The minimum atomic E-state index is -0.664. The zero-order valence-corrected chi connectivity index (χ0v) is 17.3. The van der Waals surface area contributed by atoms with Gasteiger partial charge in [0.15, 0.2) is 0 Å². The molecule has 0 aliphatic carbocycles. The molecule has 2 nitrogen and oxygen atoms in total. The topological polar surface area (TPSA) is 37.3 Å². The third-order valence-electron chi connectivity index (χ3n) is 3.65. The van der Waals surface area contributed by atoms with Gasteiger partial charge in [0, 0.05) is 32.3 Å². The molecule has 0 aromatic rings. The predicted octanol–water partition coefficient (Wildman–Crippen LogP) is 5.73. The van der Waals surface area contributed by atoms with Crippen LogP contribution in [0, 0.1) is 0 Å². The molecule has 0 aliphatic heterocycles. The number of aliphatic carboxylic acids is 1. The van der Waals surface area contributed by atoms with E-state index in [2.05, 4.69) is 19.1 Å². The molecule has 0 aromatic heterocycles. The smallest absolute Gasteiger partial charge is 0.303 e. The number of allylic oxidation sites excluding steroid dienone is 2. The molecule has 0 saturated heterocycles. The number of hydrogen-bond donors (Lipinski definition) is 1. The molecule has 0 aromatic carbocycles. The number of unbranched alkanes of at least 4 members (excludes halogenated alkanes) is 11. The third-order valence-corrected chi connectivity index (χ3v) is 3.65. The largest absolute Gasteiger partial charge is 0.481 e. The summed E-state index contributed by atoms with van der Waals surface area (Å²) in [4.78, 5) is 10.3. The minimum Gasteiger partial charge on any atom is -0.481 e. The SMILES string of the molecule is CCCCCCCC/C=C\CCCCCCCC(=O)O.[In]. The van der Waals surface area contributed by atoms with Crippen LogP contribution >= 0.6 is 0 Å². The molecule has 21 heavy (non-hydrogen) atoms. The Bertz CT molecular complexity index is 239. The molecule has 3 heteroatoms. The molecule has 3 radical (unpaired) electrons. The van der Waals surface area contributed by atoms with Crippen molar-refractivity contribution in [1.82, 2.24) is 0 Å². The van der Waals surface area contributed by atoms with Gasteiger partial charge < -0.3 is 5.11 Å². The van der Waals surface area contributed by atoms with Gasteiger partial charge in [0.25, 0.3) is 0 Å². The Hall–Kier alpha value is 0.0801. The van der Waals surface area contributed by atoms with Gasteiger partial charge in [-0.3, -0.25) is 4.79 Å². The van der Waals surface area contributed by atoms with E-state index in [0.717, 1.165) is 12.8 Å². The molecular formula is C18H34InO2. The zero-order chi connectivity index (χ0) is 14.9. The van der Waals surface area contributed by atoms with Crippen LogP contribution in [0.25, 0.3) is 0 Å². The van der Waals surface area contributed by atoms with Gasteiger partial charge in [0.2, 0.25) is 0 Å². The van der Waals surface area contributed by atoms with Crippen LogP contribution < -0.4 is 0 Å². The summed E-state index contributed by atoms with van der Waals surface area (Å²) >= 11 is 0. The van der Waals surface area contributed by atoms with E-state index in [1.54, 1.807) is 0 Å². The molecule has 0 fully saturated rings. The quantitative estimate of drug-likeness (QED) is 0.283. The summed E-state index contributed by atoms with van der Waals surface area (Å²) in [5.74, 6) is -0.664. The Morgan fingerprint density at radius 2 is 1.19 bits per heavy atom. The van der Waals surface area contributed by atoms with Crippen molar-refractivity contribution in [3.63, 3.8) is 0 Å². The maximum absolute atomic E-state index is 10.3. The summed E-state index contributed by atoms with van der Waals surface area (Å²) < 4.78 is 0. The van der Waals surface area contributed by atoms with Gasteiger partial charge >= 0.3 is 5.97 Å². The molecule has 0 bridgehead atoms. The second kappa shape index (κ2) is 20.1. The Labute approximate surface area is 150 Å². The molecule has 0 rings (SSSR count). The Kier molecular flexibility index (Phi) is 22.3. The number of carboxylic acid groups (broad SMARTS) is 1. The van der Waals surface area contributed by atoms with Crippen LogP contribution in [0.5, 0.6) is 0 Å². The number of carbonyl (C=O) groups is 1. The number of rotatable bonds is 15. The summed E-state index contributed by atoms with van der Waals surface area (Å²) in [7, 11) is 0.